The van der Waals surface area contributed by atoms with Crippen molar-refractivity contribution in [2.45, 2.75) is 6.42 Å². The zero-order valence-electron chi connectivity index (χ0n) is 10.3. The molecule has 5 nitrogen and oxygen atoms in total. The topological polar surface area (TPSA) is 68.3 Å². The Bertz CT molecular complexity index is 741. The first kappa shape index (κ1) is 11.5. The van der Waals surface area contributed by atoms with Gasteiger partial charge in [-0.05, 0) is 29.8 Å². The molecular formula is C14H12N2O3. The summed E-state index contributed by atoms with van der Waals surface area (Å²) in [7, 11) is 1.91. The number of aromatic nitrogens is 2. The molecule has 0 aliphatic heterocycles. The molecule has 0 spiro atoms. The molecule has 0 fully saturated rings. The van der Waals surface area contributed by atoms with Gasteiger partial charge in [-0.25, -0.2) is 4.98 Å². The van der Waals surface area contributed by atoms with Crippen molar-refractivity contribution < 1.29 is 14.3 Å². The van der Waals surface area contributed by atoms with Crippen LogP contribution in [0.5, 0.6) is 0 Å². The van der Waals surface area contributed by atoms with E-state index in [1.54, 1.807) is 12.3 Å². The monoisotopic (exact) mass is 256 g/mol. The lowest BCUT2D eigenvalue weighted by molar-refractivity contribution is -0.136. The molecule has 0 aliphatic rings. The molecule has 3 aromatic rings. The summed E-state index contributed by atoms with van der Waals surface area (Å²) in [6, 6.07) is 9.15. The van der Waals surface area contributed by atoms with Crippen LogP contribution >= 0.6 is 0 Å². The van der Waals surface area contributed by atoms with Crippen LogP contribution in [0.1, 0.15) is 5.56 Å². The van der Waals surface area contributed by atoms with Crippen LogP contribution in [0.15, 0.2) is 41.0 Å². The van der Waals surface area contributed by atoms with Crippen molar-refractivity contribution in [3.05, 3.63) is 42.2 Å². The number of imidazole rings is 1. The van der Waals surface area contributed by atoms with Crippen LogP contribution in [0.4, 0.5) is 0 Å². The highest BCUT2D eigenvalue weighted by molar-refractivity contribution is 5.81. The minimum Gasteiger partial charge on any atom is -0.481 e. The van der Waals surface area contributed by atoms with E-state index in [0.29, 0.717) is 5.76 Å². The minimum absolute atomic E-state index is 0.00258. The number of nitrogens with zero attached hydrogens (tertiary/aromatic N) is 2. The molecule has 0 saturated carbocycles. The molecule has 3 rings (SSSR count). The lowest BCUT2D eigenvalue weighted by atomic mass is 10.1. The molecule has 0 aliphatic carbocycles. The van der Waals surface area contributed by atoms with E-state index < -0.39 is 5.97 Å². The largest absolute Gasteiger partial charge is 0.481 e. The normalized spacial score (nSPS) is 11.0. The number of carboxylic acid groups (broad SMARTS) is 1. The summed E-state index contributed by atoms with van der Waals surface area (Å²) in [4.78, 5) is 15.2. The maximum atomic E-state index is 10.7. The number of carboxylic acids is 1. The lowest BCUT2D eigenvalue weighted by Crippen LogP contribution is -1.99. The fourth-order valence-electron chi connectivity index (χ4n) is 2.16. The zero-order valence-corrected chi connectivity index (χ0v) is 10.3. The SMILES string of the molecule is Cn1c(-c2ccco2)nc2cc(CC(=O)O)ccc21. The van der Waals surface area contributed by atoms with Gasteiger partial charge in [-0.2, -0.15) is 0 Å². The first-order chi connectivity index (χ1) is 9.15. The van der Waals surface area contributed by atoms with Gasteiger partial charge in [0.15, 0.2) is 11.6 Å². The van der Waals surface area contributed by atoms with E-state index in [0.717, 1.165) is 22.4 Å². The van der Waals surface area contributed by atoms with Crippen molar-refractivity contribution in [2.75, 3.05) is 0 Å². The van der Waals surface area contributed by atoms with Gasteiger partial charge in [0.05, 0.1) is 23.7 Å². The third kappa shape index (κ3) is 1.99. The van der Waals surface area contributed by atoms with Crippen molar-refractivity contribution in [3.63, 3.8) is 0 Å². The molecule has 0 radical (unpaired) electrons. The molecule has 0 bridgehead atoms. The van der Waals surface area contributed by atoms with Crippen LogP contribution in [-0.2, 0) is 18.3 Å². The van der Waals surface area contributed by atoms with Crippen LogP contribution in [0, 0.1) is 0 Å². The van der Waals surface area contributed by atoms with Gasteiger partial charge < -0.3 is 14.1 Å². The van der Waals surface area contributed by atoms with Crippen LogP contribution in [0.25, 0.3) is 22.6 Å². The van der Waals surface area contributed by atoms with Gasteiger partial charge in [-0.15, -0.1) is 0 Å². The molecule has 0 amide bonds. The maximum Gasteiger partial charge on any atom is 0.307 e. The highest BCUT2D eigenvalue weighted by Crippen LogP contribution is 2.24. The van der Waals surface area contributed by atoms with E-state index in [4.69, 9.17) is 9.52 Å². The van der Waals surface area contributed by atoms with E-state index in [1.165, 1.54) is 0 Å². The Morgan fingerprint density at radius 3 is 2.95 bits per heavy atom. The van der Waals surface area contributed by atoms with Crippen molar-refractivity contribution in [1.29, 1.82) is 0 Å². The molecule has 2 aromatic heterocycles. The molecule has 5 heteroatoms. The molecule has 0 atom stereocenters. The second kappa shape index (κ2) is 4.28. The number of rotatable bonds is 3. The Balaban J connectivity index is 2.12. The number of hydrogen-bond acceptors (Lipinski definition) is 3. The first-order valence-electron chi connectivity index (χ1n) is 5.86. The van der Waals surface area contributed by atoms with Crippen LogP contribution in [0.3, 0.4) is 0 Å². The Hall–Kier alpha value is -2.56. The number of aryl methyl sites for hydroxylation is 1. The quantitative estimate of drug-likeness (QED) is 0.781. The van der Waals surface area contributed by atoms with Gasteiger partial charge in [0.25, 0.3) is 0 Å². The number of aliphatic carboxylic acids is 1. The van der Waals surface area contributed by atoms with Crippen molar-refractivity contribution in [1.82, 2.24) is 9.55 Å². The molecule has 0 saturated heterocycles. The minimum atomic E-state index is -0.846. The fraction of sp³-hybridized carbons (Fsp3) is 0.143. The Morgan fingerprint density at radius 1 is 1.42 bits per heavy atom. The van der Waals surface area contributed by atoms with Crippen molar-refractivity contribution in [3.8, 4) is 11.6 Å². The molecule has 96 valence electrons. The summed E-state index contributed by atoms with van der Waals surface area (Å²) in [6.07, 6.45) is 1.60. The van der Waals surface area contributed by atoms with E-state index in [-0.39, 0.29) is 6.42 Å². The van der Waals surface area contributed by atoms with Crippen molar-refractivity contribution in [2.24, 2.45) is 7.05 Å². The summed E-state index contributed by atoms with van der Waals surface area (Å²) >= 11 is 0. The molecule has 19 heavy (non-hydrogen) atoms. The number of fused-ring (bicyclic) bond motifs is 1. The average molecular weight is 256 g/mol. The summed E-state index contributed by atoms with van der Waals surface area (Å²) in [5.41, 5.74) is 2.46. The van der Waals surface area contributed by atoms with Gasteiger partial charge in [0.2, 0.25) is 0 Å². The van der Waals surface area contributed by atoms with E-state index in [2.05, 4.69) is 4.98 Å². The average Bonchev–Trinajstić information content (AvgIpc) is 2.96. The zero-order chi connectivity index (χ0) is 13.4. The summed E-state index contributed by atoms with van der Waals surface area (Å²) in [5.74, 6) is 0.576. The van der Waals surface area contributed by atoms with Gasteiger partial charge in [-0.1, -0.05) is 6.07 Å². The summed E-state index contributed by atoms with van der Waals surface area (Å²) in [6.45, 7) is 0. The van der Waals surface area contributed by atoms with Gasteiger partial charge in [0, 0.05) is 7.05 Å². The highest BCUT2D eigenvalue weighted by Gasteiger charge is 2.12. The summed E-state index contributed by atoms with van der Waals surface area (Å²) in [5, 5.41) is 8.81. The van der Waals surface area contributed by atoms with E-state index in [9.17, 15) is 4.79 Å². The predicted molar refractivity (Wildman–Crippen MR) is 69.8 cm³/mol. The number of benzene rings is 1. The van der Waals surface area contributed by atoms with E-state index >= 15 is 0 Å². The molecular weight excluding hydrogens is 244 g/mol. The number of carbonyl (C=O) groups is 1. The summed E-state index contributed by atoms with van der Waals surface area (Å²) < 4.78 is 7.28. The molecule has 2 heterocycles. The van der Waals surface area contributed by atoms with Crippen LogP contribution in [0.2, 0.25) is 0 Å². The van der Waals surface area contributed by atoms with Gasteiger partial charge in [0.1, 0.15) is 0 Å². The Kier molecular flexibility index (Phi) is 2.59. The second-order valence-corrected chi connectivity index (χ2v) is 4.37. The number of hydrogen-bond donors (Lipinski definition) is 1. The maximum absolute atomic E-state index is 10.7. The van der Waals surface area contributed by atoms with Crippen LogP contribution in [-0.4, -0.2) is 20.6 Å². The smallest absolute Gasteiger partial charge is 0.307 e. The van der Waals surface area contributed by atoms with Gasteiger partial charge in [-0.3, -0.25) is 4.79 Å². The molecule has 0 unspecified atom stereocenters. The highest BCUT2D eigenvalue weighted by atomic mass is 16.4. The standard InChI is InChI=1S/C14H12N2O3/c1-16-11-5-4-9(8-13(17)18)7-10(11)15-14(16)12-3-2-6-19-12/h2-7H,8H2,1H3,(H,17,18). The third-order valence-corrected chi connectivity index (χ3v) is 3.04. The second-order valence-electron chi connectivity index (χ2n) is 4.37. The van der Waals surface area contributed by atoms with E-state index in [1.807, 2.05) is 35.9 Å². The predicted octanol–water partition coefficient (Wildman–Crippen LogP) is 2.46. The Morgan fingerprint density at radius 2 is 2.26 bits per heavy atom. The van der Waals surface area contributed by atoms with Crippen LogP contribution < -0.4 is 0 Å². The lowest BCUT2D eigenvalue weighted by Gasteiger charge is -1.99. The van der Waals surface area contributed by atoms with Gasteiger partial charge >= 0.3 is 5.97 Å². The van der Waals surface area contributed by atoms with Crippen molar-refractivity contribution >= 4 is 17.0 Å². The fourth-order valence-corrected chi connectivity index (χ4v) is 2.16. The molecule has 1 aromatic carbocycles. The Labute approximate surface area is 109 Å². The third-order valence-electron chi connectivity index (χ3n) is 3.04. The number of furan rings is 1. The first-order valence-corrected chi connectivity index (χ1v) is 5.86. The molecule has 1 N–H and O–H groups in total.